The highest BCUT2D eigenvalue weighted by atomic mass is 16.5. The third-order valence-electron chi connectivity index (χ3n) is 2.07. The normalized spacial score (nSPS) is 11.5. The summed E-state index contributed by atoms with van der Waals surface area (Å²) in [6, 6.07) is 8.99. The van der Waals surface area contributed by atoms with Gasteiger partial charge in [-0.1, -0.05) is 12.1 Å². The number of methoxy groups -OCH3 is 1. The maximum Gasteiger partial charge on any atom is 0.312 e. The van der Waals surface area contributed by atoms with Crippen LogP contribution in [0.15, 0.2) is 24.3 Å². The monoisotopic (exact) mass is 189 g/mol. The van der Waals surface area contributed by atoms with E-state index in [1.54, 1.807) is 25.1 Å². The van der Waals surface area contributed by atoms with Crippen LogP contribution in [0.1, 0.15) is 24.0 Å². The molecule has 0 bridgehead atoms. The van der Waals surface area contributed by atoms with Crippen LogP contribution in [0.4, 0.5) is 0 Å². The van der Waals surface area contributed by atoms with E-state index in [2.05, 4.69) is 4.74 Å². The Kier molecular flexibility index (Phi) is 3.24. The first-order chi connectivity index (χ1) is 6.69. The van der Waals surface area contributed by atoms with Crippen molar-refractivity contribution in [3.8, 4) is 6.07 Å². The summed E-state index contributed by atoms with van der Waals surface area (Å²) in [5, 5.41) is 8.67. The molecule has 3 heteroatoms. The van der Waals surface area contributed by atoms with Crippen LogP contribution in [0.25, 0.3) is 0 Å². The lowest BCUT2D eigenvalue weighted by molar-refractivity contribution is -0.141. The molecule has 0 radical (unpaired) electrons. The van der Waals surface area contributed by atoms with Crippen LogP contribution in [0, 0.1) is 11.3 Å². The summed E-state index contributed by atoms with van der Waals surface area (Å²) < 4.78 is 4.62. The molecule has 0 amide bonds. The van der Waals surface area contributed by atoms with Gasteiger partial charge in [-0.15, -0.1) is 0 Å². The fourth-order valence-corrected chi connectivity index (χ4v) is 1.19. The summed E-state index contributed by atoms with van der Waals surface area (Å²) in [7, 11) is 1.35. The minimum absolute atomic E-state index is 0.292. The van der Waals surface area contributed by atoms with Crippen LogP contribution >= 0.6 is 0 Å². The summed E-state index contributed by atoms with van der Waals surface area (Å²) in [5.74, 6) is -0.617. The number of hydrogen-bond donors (Lipinski definition) is 0. The zero-order chi connectivity index (χ0) is 10.6. The van der Waals surface area contributed by atoms with Gasteiger partial charge in [-0.2, -0.15) is 5.26 Å². The molecule has 72 valence electrons. The number of hydrogen-bond acceptors (Lipinski definition) is 3. The van der Waals surface area contributed by atoms with Gasteiger partial charge in [0.05, 0.1) is 24.7 Å². The van der Waals surface area contributed by atoms with Gasteiger partial charge < -0.3 is 4.74 Å². The molecule has 1 rings (SSSR count). The highest BCUT2D eigenvalue weighted by Gasteiger charge is 2.15. The van der Waals surface area contributed by atoms with Crippen molar-refractivity contribution in [2.45, 2.75) is 12.8 Å². The topological polar surface area (TPSA) is 50.1 Å². The highest BCUT2D eigenvalue weighted by molar-refractivity contribution is 5.77. The number of esters is 1. The molecule has 0 spiro atoms. The van der Waals surface area contributed by atoms with Crippen LogP contribution in [0.5, 0.6) is 0 Å². The van der Waals surface area contributed by atoms with E-state index in [0.717, 1.165) is 5.56 Å². The molecule has 0 N–H and O–H groups in total. The van der Waals surface area contributed by atoms with Gasteiger partial charge in [0.1, 0.15) is 0 Å². The van der Waals surface area contributed by atoms with Gasteiger partial charge in [-0.25, -0.2) is 0 Å². The van der Waals surface area contributed by atoms with Crippen molar-refractivity contribution in [2.75, 3.05) is 7.11 Å². The van der Waals surface area contributed by atoms with E-state index in [1.807, 2.05) is 12.1 Å². The number of nitrogens with zero attached hydrogens (tertiary/aromatic N) is 1. The molecule has 0 saturated carbocycles. The van der Waals surface area contributed by atoms with Gasteiger partial charge in [-0.3, -0.25) is 4.79 Å². The summed E-state index contributed by atoms with van der Waals surface area (Å²) >= 11 is 0. The second kappa shape index (κ2) is 4.43. The molecule has 1 atom stereocenters. The zero-order valence-corrected chi connectivity index (χ0v) is 8.15. The molecule has 0 saturated heterocycles. The number of benzene rings is 1. The standard InChI is InChI=1S/C11H11NO2/c1-8(11(13)14-2)10-5-3-4-9(6-10)7-12/h3-6,8H,1-2H3. The van der Waals surface area contributed by atoms with Crippen molar-refractivity contribution in [3.05, 3.63) is 35.4 Å². The lowest BCUT2D eigenvalue weighted by Crippen LogP contribution is -2.10. The Labute approximate surface area is 82.9 Å². The van der Waals surface area contributed by atoms with Gasteiger partial charge in [0.25, 0.3) is 0 Å². The predicted molar refractivity (Wildman–Crippen MR) is 51.6 cm³/mol. The molecule has 14 heavy (non-hydrogen) atoms. The Morgan fingerprint density at radius 3 is 2.86 bits per heavy atom. The number of ether oxygens (including phenoxy) is 1. The van der Waals surface area contributed by atoms with Crippen LogP contribution in [0.2, 0.25) is 0 Å². The maximum absolute atomic E-state index is 11.2. The summed E-state index contributed by atoms with van der Waals surface area (Å²) in [5.41, 5.74) is 1.36. The molecule has 0 aliphatic carbocycles. The highest BCUT2D eigenvalue weighted by Crippen LogP contribution is 2.17. The minimum atomic E-state index is -0.326. The third-order valence-corrected chi connectivity index (χ3v) is 2.07. The van der Waals surface area contributed by atoms with Gasteiger partial charge >= 0.3 is 5.97 Å². The van der Waals surface area contributed by atoms with Gasteiger partial charge in [0.15, 0.2) is 0 Å². The molecule has 1 aromatic carbocycles. The number of carbonyl (C=O) groups is 1. The molecule has 0 aliphatic rings. The Hall–Kier alpha value is -1.82. The van der Waals surface area contributed by atoms with E-state index in [4.69, 9.17) is 5.26 Å². The first-order valence-corrected chi connectivity index (χ1v) is 4.27. The molecular weight excluding hydrogens is 178 g/mol. The van der Waals surface area contributed by atoms with Gasteiger partial charge in [0.2, 0.25) is 0 Å². The molecule has 0 fully saturated rings. The second-order valence-electron chi connectivity index (χ2n) is 2.98. The largest absolute Gasteiger partial charge is 0.469 e. The van der Waals surface area contributed by atoms with Crippen molar-refractivity contribution in [1.29, 1.82) is 5.26 Å². The Morgan fingerprint density at radius 2 is 2.29 bits per heavy atom. The van der Waals surface area contributed by atoms with E-state index in [0.29, 0.717) is 5.56 Å². The number of nitriles is 1. The lowest BCUT2D eigenvalue weighted by atomic mass is 10.00. The number of carbonyl (C=O) groups excluding carboxylic acids is 1. The summed E-state index contributed by atoms with van der Waals surface area (Å²) in [6.07, 6.45) is 0. The van der Waals surface area contributed by atoms with Crippen molar-refractivity contribution < 1.29 is 9.53 Å². The van der Waals surface area contributed by atoms with Crippen LogP contribution in [0.3, 0.4) is 0 Å². The first kappa shape index (κ1) is 10.3. The van der Waals surface area contributed by atoms with E-state index < -0.39 is 0 Å². The van der Waals surface area contributed by atoms with Crippen LogP contribution in [-0.4, -0.2) is 13.1 Å². The molecule has 0 aromatic heterocycles. The molecule has 1 aromatic rings. The van der Waals surface area contributed by atoms with Crippen molar-refractivity contribution in [2.24, 2.45) is 0 Å². The Balaban J connectivity index is 2.96. The fraction of sp³-hybridized carbons (Fsp3) is 0.273. The average Bonchev–Trinajstić information content (AvgIpc) is 2.27. The second-order valence-corrected chi connectivity index (χ2v) is 2.98. The molecule has 0 heterocycles. The van der Waals surface area contributed by atoms with Gasteiger partial charge in [0, 0.05) is 0 Å². The van der Waals surface area contributed by atoms with Crippen molar-refractivity contribution in [1.82, 2.24) is 0 Å². The first-order valence-electron chi connectivity index (χ1n) is 4.27. The predicted octanol–water partition coefficient (Wildman–Crippen LogP) is 1.83. The van der Waals surface area contributed by atoms with Gasteiger partial charge in [-0.05, 0) is 24.6 Å². The Morgan fingerprint density at radius 1 is 1.57 bits per heavy atom. The van der Waals surface area contributed by atoms with Crippen molar-refractivity contribution >= 4 is 5.97 Å². The molecule has 0 aliphatic heterocycles. The lowest BCUT2D eigenvalue weighted by Gasteiger charge is -2.08. The van der Waals surface area contributed by atoms with Crippen molar-refractivity contribution in [3.63, 3.8) is 0 Å². The fourth-order valence-electron chi connectivity index (χ4n) is 1.19. The van der Waals surface area contributed by atoms with Crippen LogP contribution in [-0.2, 0) is 9.53 Å². The molecule has 1 unspecified atom stereocenters. The van der Waals surface area contributed by atoms with E-state index in [9.17, 15) is 4.79 Å². The molecular formula is C11H11NO2. The minimum Gasteiger partial charge on any atom is -0.469 e. The zero-order valence-electron chi connectivity index (χ0n) is 8.15. The smallest absolute Gasteiger partial charge is 0.312 e. The van der Waals surface area contributed by atoms with E-state index in [-0.39, 0.29) is 11.9 Å². The average molecular weight is 189 g/mol. The molecule has 3 nitrogen and oxygen atoms in total. The SMILES string of the molecule is COC(=O)C(C)c1cccc(C#N)c1. The maximum atomic E-state index is 11.2. The summed E-state index contributed by atoms with van der Waals surface area (Å²) in [6.45, 7) is 1.75. The van der Waals surface area contributed by atoms with E-state index in [1.165, 1.54) is 7.11 Å². The third kappa shape index (κ3) is 2.11. The van der Waals surface area contributed by atoms with Crippen LogP contribution < -0.4 is 0 Å². The quantitative estimate of drug-likeness (QED) is 0.667. The summed E-state index contributed by atoms with van der Waals surface area (Å²) in [4.78, 5) is 11.2. The number of rotatable bonds is 2. The Bertz CT molecular complexity index is 379. The van der Waals surface area contributed by atoms with E-state index >= 15 is 0 Å².